The van der Waals surface area contributed by atoms with Crippen molar-refractivity contribution in [1.82, 2.24) is 20.6 Å². The number of nitrogens with one attached hydrogen (secondary N) is 3. The molecule has 3 N–H and O–H groups in total. The Bertz CT molecular complexity index is 631. The number of hydrogen-bond donors (Lipinski definition) is 3. The SMILES string of the molecule is O=C(NCCNc1ncccn1)NC1CCc2ccccc21. The van der Waals surface area contributed by atoms with E-state index in [0.717, 1.165) is 12.8 Å². The summed E-state index contributed by atoms with van der Waals surface area (Å²) in [5.74, 6) is 0.564. The van der Waals surface area contributed by atoms with Gasteiger partial charge in [0.2, 0.25) is 5.95 Å². The molecule has 0 bridgehead atoms. The Kier molecular flexibility index (Phi) is 4.48. The molecule has 114 valence electrons. The van der Waals surface area contributed by atoms with E-state index in [4.69, 9.17) is 0 Å². The molecule has 0 radical (unpaired) electrons. The molecule has 2 aromatic rings. The van der Waals surface area contributed by atoms with Gasteiger partial charge in [-0.3, -0.25) is 0 Å². The topological polar surface area (TPSA) is 78.9 Å². The lowest BCUT2D eigenvalue weighted by atomic mass is 10.1. The van der Waals surface area contributed by atoms with Crippen molar-refractivity contribution in [2.75, 3.05) is 18.4 Å². The number of fused-ring (bicyclic) bond motifs is 1. The van der Waals surface area contributed by atoms with Crippen molar-refractivity contribution in [3.63, 3.8) is 0 Å². The maximum atomic E-state index is 11.9. The minimum atomic E-state index is -0.141. The van der Waals surface area contributed by atoms with Crippen LogP contribution in [0, 0.1) is 0 Å². The van der Waals surface area contributed by atoms with Gasteiger partial charge in [-0.15, -0.1) is 0 Å². The average molecular weight is 297 g/mol. The summed E-state index contributed by atoms with van der Waals surface area (Å²) >= 11 is 0. The second-order valence-corrected chi connectivity index (χ2v) is 5.19. The van der Waals surface area contributed by atoms with E-state index in [2.05, 4.69) is 38.1 Å². The van der Waals surface area contributed by atoms with Gasteiger partial charge in [0.25, 0.3) is 0 Å². The lowest BCUT2D eigenvalue weighted by Gasteiger charge is -2.15. The molecule has 0 fully saturated rings. The maximum Gasteiger partial charge on any atom is 0.315 e. The summed E-state index contributed by atoms with van der Waals surface area (Å²) in [4.78, 5) is 20.0. The lowest BCUT2D eigenvalue weighted by molar-refractivity contribution is 0.237. The maximum absolute atomic E-state index is 11.9. The Labute approximate surface area is 129 Å². The third-order valence-electron chi connectivity index (χ3n) is 3.70. The number of rotatable bonds is 5. The number of aryl methyl sites for hydroxylation is 1. The van der Waals surface area contributed by atoms with Crippen LogP contribution in [0.2, 0.25) is 0 Å². The van der Waals surface area contributed by atoms with Crippen LogP contribution in [0.4, 0.5) is 10.7 Å². The molecule has 1 aliphatic rings. The third kappa shape index (κ3) is 3.52. The van der Waals surface area contributed by atoms with Crippen LogP contribution in [-0.2, 0) is 6.42 Å². The Morgan fingerprint density at radius 2 is 1.95 bits per heavy atom. The summed E-state index contributed by atoms with van der Waals surface area (Å²) in [5.41, 5.74) is 2.56. The van der Waals surface area contributed by atoms with Gasteiger partial charge in [-0.25, -0.2) is 14.8 Å². The Hall–Kier alpha value is -2.63. The highest BCUT2D eigenvalue weighted by atomic mass is 16.2. The Balaban J connectivity index is 1.40. The Morgan fingerprint density at radius 3 is 2.82 bits per heavy atom. The first-order valence-electron chi connectivity index (χ1n) is 7.46. The van der Waals surface area contributed by atoms with Crippen LogP contribution >= 0.6 is 0 Å². The molecule has 0 saturated heterocycles. The average Bonchev–Trinajstić information content (AvgIpc) is 2.96. The van der Waals surface area contributed by atoms with Gasteiger partial charge in [0, 0.05) is 25.5 Å². The van der Waals surface area contributed by atoms with Gasteiger partial charge in [0.15, 0.2) is 0 Å². The van der Waals surface area contributed by atoms with Gasteiger partial charge in [-0.1, -0.05) is 24.3 Å². The molecule has 1 aromatic heterocycles. The fourth-order valence-corrected chi connectivity index (χ4v) is 2.66. The van der Waals surface area contributed by atoms with E-state index in [-0.39, 0.29) is 12.1 Å². The van der Waals surface area contributed by atoms with E-state index >= 15 is 0 Å². The molecule has 1 unspecified atom stereocenters. The van der Waals surface area contributed by atoms with E-state index in [1.54, 1.807) is 18.5 Å². The van der Waals surface area contributed by atoms with Crippen LogP contribution in [-0.4, -0.2) is 29.1 Å². The van der Waals surface area contributed by atoms with Crippen LogP contribution in [0.25, 0.3) is 0 Å². The van der Waals surface area contributed by atoms with Crippen molar-refractivity contribution in [2.24, 2.45) is 0 Å². The van der Waals surface area contributed by atoms with Gasteiger partial charge in [0.1, 0.15) is 0 Å². The summed E-state index contributed by atoms with van der Waals surface area (Å²) in [7, 11) is 0. The first kappa shape index (κ1) is 14.3. The fourth-order valence-electron chi connectivity index (χ4n) is 2.66. The number of carbonyl (C=O) groups excluding carboxylic acids is 1. The summed E-state index contributed by atoms with van der Waals surface area (Å²) in [6, 6.07) is 9.99. The minimum absolute atomic E-state index is 0.113. The highest BCUT2D eigenvalue weighted by molar-refractivity contribution is 5.74. The van der Waals surface area contributed by atoms with E-state index < -0.39 is 0 Å². The number of urea groups is 1. The predicted molar refractivity (Wildman–Crippen MR) is 84.6 cm³/mol. The number of hydrogen-bond acceptors (Lipinski definition) is 4. The normalized spacial score (nSPS) is 15.9. The molecule has 1 aromatic carbocycles. The van der Waals surface area contributed by atoms with E-state index in [1.165, 1.54) is 11.1 Å². The van der Waals surface area contributed by atoms with Crippen LogP contribution in [0.15, 0.2) is 42.7 Å². The lowest BCUT2D eigenvalue weighted by Crippen LogP contribution is -2.39. The zero-order valence-electron chi connectivity index (χ0n) is 12.2. The fraction of sp³-hybridized carbons (Fsp3) is 0.312. The van der Waals surface area contributed by atoms with Crippen LogP contribution in [0.5, 0.6) is 0 Å². The largest absolute Gasteiger partial charge is 0.352 e. The van der Waals surface area contributed by atoms with Crippen molar-refractivity contribution in [3.05, 3.63) is 53.9 Å². The predicted octanol–water partition coefficient (Wildman–Crippen LogP) is 1.88. The second-order valence-electron chi connectivity index (χ2n) is 5.19. The summed E-state index contributed by atoms with van der Waals surface area (Å²) in [5, 5.41) is 8.91. The van der Waals surface area contributed by atoms with Crippen molar-refractivity contribution >= 4 is 12.0 Å². The van der Waals surface area contributed by atoms with Crippen LogP contribution < -0.4 is 16.0 Å². The molecule has 22 heavy (non-hydrogen) atoms. The highest BCUT2D eigenvalue weighted by Crippen LogP contribution is 2.30. The number of amides is 2. The van der Waals surface area contributed by atoms with Gasteiger partial charge in [-0.05, 0) is 30.0 Å². The molecule has 3 rings (SSSR count). The number of nitrogens with zero attached hydrogens (tertiary/aromatic N) is 2. The Morgan fingerprint density at radius 1 is 1.14 bits per heavy atom. The summed E-state index contributed by atoms with van der Waals surface area (Å²) < 4.78 is 0. The third-order valence-corrected chi connectivity index (χ3v) is 3.70. The first-order chi connectivity index (χ1) is 10.8. The van der Waals surface area contributed by atoms with Crippen LogP contribution in [0.1, 0.15) is 23.6 Å². The van der Waals surface area contributed by atoms with E-state index in [1.807, 2.05) is 12.1 Å². The molecule has 6 nitrogen and oxygen atoms in total. The van der Waals surface area contributed by atoms with E-state index in [9.17, 15) is 4.79 Å². The number of anilines is 1. The highest BCUT2D eigenvalue weighted by Gasteiger charge is 2.22. The van der Waals surface area contributed by atoms with Crippen molar-refractivity contribution < 1.29 is 4.79 Å². The quantitative estimate of drug-likeness (QED) is 0.736. The van der Waals surface area contributed by atoms with Crippen molar-refractivity contribution in [1.29, 1.82) is 0 Å². The molecular formula is C16H19N5O. The number of aromatic nitrogens is 2. The molecular weight excluding hydrogens is 278 g/mol. The second kappa shape index (κ2) is 6.89. The molecule has 1 aliphatic carbocycles. The zero-order chi connectivity index (χ0) is 15.2. The van der Waals surface area contributed by atoms with Gasteiger partial charge in [0.05, 0.1) is 6.04 Å². The van der Waals surface area contributed by atoms with Gasteiger partial charge >= 0.3 is 6.03 Å². The summed E-state index contributed by atoms with van der Waals surface area (Å²) in [6.45, 7) is 1.09. The van der Waals surface area contributed by atoms with Gasteiger partial charge in [-0.2, -0.15) is 0 Å². The molecule has 0 aliphatic heterocycles. The van der Waals surface area contributed by atoms with Crippen molar-refractivity contribution in [2.45, 2.75) is 18.9 Å². The minimum Gasteiger partial charge on any atom is -0.352 e. The molecule has 1 heterocycles. The van der Waals surface area contributed by atoms with Crippen molar-refractivity contribution in [3.8, 4) is 0 Å². The first-order valence-corrected chi connectivity index (χ1v) is 7.46. The smallest absolute Gasteiger partial charge is 0.315 e. The molecule has 2 amide bonds. The molecule has 6 heteroatoms. The standard InChI is InChI=1S/C16H19N5O/c22-16(20-11-10-19-15-17-8-3-9-18-15)21-14-7-6-12-4-1-2-5-13(12)14/h1-5,8-9,14H,6-7,10-11H2,(H,17,18,19)(H2,20,21,22). The molecule has 1 atom stereocenters. The zero-order valence-corrected chi connectivity index (χ0v) is 12.2. The molecule has 0 spiro atoms. The monoisotopic (exact) mass is 297 g/mol. The van der Waals surface area contributed by atoms with Crippen LogP contribution in [0.3, 0.4) is 0 Å². The number of benzene rings is 1. The molecule has 0 saturated carbocycles. The number of carbonyl (C=O) groups is 1. The van der Waals surface area contributed by atoms with Gasteiger partial charge < -0.3 is 16.0 Å². The summed E-state index contributed by atoms with van der Waals surface area (Å²) in [6.07, 6.45) is 5.33. The van der Waals surface area contributed by atoms with E-state index in [0.29, 0.717) is 19.0 Å².